The lowest BCUT2D eigenvalue weighted by Gasteiger charge is -2.30. The molecular weight excluding hydrogens is 278 g/mol. The van der Waals surface area contributed by atoms with Gasteiger partial charge < -0.3 is 9.64 Å². The number of amides is 1. The summed E-state index contributed by atoms with van der Waals surface area (Å²) in [5.74, 6) is 0.942. The van der Waals surface area contributed by atoms with E-state index < -0.39 is 0 Å². The van der Waals surface area contributed by atoms with Crippen molar-refractivity contribution in [1.82, 2.24) is 4.90 Å². The number of likely N-dealkylation sites (tertiary alicyclic amines) is 1. The normalized spacial score (nSPS) is 16.5. The van der Waals surface area contributed by atoms with Gasteiger partial charge in [0, 0.05) is 25.4 Å². The van der Waals surface area contributed by atoms with E-state index in [0.29, 0.717) is 50.8 Å². The molecule has 1 heterocycles. The number of carbonyl (C=O) groups is 2. The summed E-state index contributed by atoms with van der Waals surface area (Å²) in [6.45, 7) is 6.12. The third-order valence-electron chi connectivity index (χ3n) is 3.66. The van der Waals surface area contributed by atoms with E-state index in [2.05, 4.69) is 13.8 Å². The Hall–Kier alpha value is -0.770. The highest BCUT2D eigenvalue weighted by molar-refractivity contribution is 6.18. The van der Waals surface area contributed by atoms with E-state index >= 15 is 0 Å². The van der Waals surface area contributed by atoms with Gasteiger partial charge in [-0.2, -0.15) is 0 Å². The van der Waals surface area contributed by atoms with Crippen LogP contribution in [0, 0.1) is 11.8 Å². The topological polar surface area (TPSA) is 46.6 Å². The first-order valence-corrected chi connectivity index (χ1v) is 8.08. The Bertz CT molecular complexity index is 312. The molecule has 0 unspecified atom stereocenters. The van der Waals surface area contributed by atoms with Gasteiger partial charge in [-0.25, -0.2) is 0 Å². The van der Waals surface area contributed by atoms with Gasteiger partial charge in [0.15, 0.2) is 0 Å². The summed E-state index contributed by atoms with van der Waals surface area (Å²) in [5, 5.41) is 0. The summed E-state index contributed by atoms with van der Waals surface area (Å²) in [4.78, 5) is 25.4. The van der Waals surface area contributed by atoms with E-state index in [-0.39, 0.29) is 17.8 Å². The molecule has 1 aliphatic rings. The number of hydrogen-bond acceptors (Lipinski definition) is 3. The van der Waals surface area contributed by atoms with Crippen molar-refractivity contribution in [2.24, 2.45) is 11.8 Å². The van der Waals surface area contributed by atoms with Crippen LogP contribution < -0.4 is 0 Å². The molecule has 116 valence electrons. The Balaban J connectivity index is 2.20. The lowest BCUT2D eigenvalue weighted by Crippen LogP contribution is -2.40. The summed E-state index contributed by atoms with van der Waals surface area (Å²) >= 11 is 5.57. The lowest BCUT2D eigenvalue weighted by atomic mass is 9.97. The zero-order valence-corrected chi connectivity index (χ0v) is 13.3. The van der Waals surface area contributed by atoms with Crippen molar-refractivity contribution in [3.8, 4) is 0 Å². The lowest BCUT2D eigenvalue weighted by molar-refractivity contribution is -0.151. The molecular formula is C15H26ClNO3. The van der Waals surface area contributed by atoms with Gasteiger partial charge in [-0.15, -0.1) is 11.6 Å². The van der Waals surface area contributed by atoms with Crippen molar-refractivity contribution in [2.75, 3.05) is 25.6 Å². The van der Waals surface area contributed by atoms with Crippen molar-refractivity contribution in [1.29, 1.82) is 0 Å². The number of carbonyl (C=O) groups excluding carboxylic acids is 2. The van der Waals surface area contributed by atoms with Crippen LogP contribution >= 0.6 is 11.6 Å². The highest BCUT2D eigenvalue weighted by atomic mass is 35.5. The summed E-state index contributed by atoms with van der Waals surface area (Å²) in [6, 6.07) is 0. The van der Waals surface area contributed by atoms with Crippen LogP contribution in [0.25, 0.3) is 0 Å². The van der Waals surface area contributed by atoms with Crippen molar-refractivity contribution in [3.63, 3.8) is 0 Å². The molecule has 0 aliphatic carbocycles. The largest absolute Gasteiger partial charge is 0.465 e. The summed E-state index contributed by atoms with van der Waals surface area (Å²) in [5.41, 5.74) is 0. The van der Waals surface area contributed by atoms with Crippen LogP contribution in [0.4, 0.5) is 0 Å². The molecule has 0 aromatic heterocycles. The highest BCUT2D eigenvalue weighted by Gasteiger charge is 2.27. The van der Waals surface area contributed by atoms with E-state index in [0.717, 1.165) is 12.8 Å². The van der Waals surface area contributed by atoms with Crippen LogP contribution in [-0.2, 0) is 14.3 Å². The molecule has 0 radical (unpaired) electrons. The van der Waals surface area contributed by atoms with E-state index in [1.165, 1.54) is 0 Å². The fourth-order valence-corrected chi connectivity index (χ4v) is 2.55. The molecule has 1 amide bonds. The molecule has 1 fully saturated rings. The van der Waals surface area contributed by atoms with Crippen LogP contribution in [-0.4, -0.2) is 42.4 Å². The van der Waals surface area contributed by atoms with Crippen molar-refractivity contribution >= 4 is 23.5 Å². The molecule has 20 heavy (non-hydrogen) atoms. The van der Waals surface area contributed by atoms with Crippen LogP contribution in [0.15, 0.2) is 0 Å². The van der Waals surface area contributed by atoms with Crippen LogP contribution in [0.2, 0.25) is 0 Å². The number of piperidine rings is 1. The Kier molecular flexibility index (Phi) is 7.97. The zero-order chi connectivity index (χ0) is 15.0. The minimum atomic E-state index is -0.0989. The van der Waals surface area contributed by atoms with E-state index in [1.54, 1.807) is 4.90 Å². The van der Waals surface area contributed by atoms with Gasteiger partial charge in [0.25, 0.3) is 0 Å². The first-order chi connectivity index (χ1) is 9.54. The Labute approximate surface area is 126 Å². The van der Waals surface area contributed by atoms with Gasteiger partial charge in [-0.05, 0) is 31.6 Å². The van der Waals surface area contributed by atoms with Gasteiger partial charge in [-0.3, -0.25) is 9.59 Å². The van der Waals surface area contributed by atoms with E-state index in [1.807, 2.05) is 0 Å². The van der Waals surface area contributed by atoms with Gasteiger partial charge in [0.05, 0.1) is 12.5 Å². The number of esters is 1. The molecule has 0 spiro atoms. The second-order valence-electron chi connectivity index (χ2n) is 5.80. The molecule has 1 aliphatic heterocycles. The third-order valence-corrected chi connectivity index (χ3v) is 3.85. The predicted molar refractivity (Wildman–Crippen MR) is 79.7 cm³/mol. The van der Waals surface area contributed by atoms with Crippen molar-refractivity contribution in [2.45, 2.75) is 46.0 Å². The first kappa shape index (κ1) is 17.3. The molecule has 4 nitrogen and oxygen atoms in total. The number of halogens is 1. The van der Waals surface area contributed by atoms with E-state index in [9.17, 15) is 9.59 Å². The molecule has 5 heteroatoms. The van der Waals surface area contributed by atoms with E-state index in [4.69, 9.17) is 16.3 Å². The minimum Gasteiger partial charge on any atom is -0.465 e. The number of alkyl halides is 1. The average molecular weight is 304 g/mol. The fourth-order valence-electron chi connectivity index (χ4n) is 2.39. The maximum absolute atomic E-state index is 11.9. The first-order valence-electron chi connectivity index (χ1n) is 7.55. The minimum absolute atomic E-state index is 0.0471. The number of nitrogens with zero attached hydrogens (tertiary/aromatic N) is 1. The fraction of sp³-hybridized carbons (Fsp3) is 0.867. The monoisotopic (exact) mass is 303 g/mol. The average Bonchev–Trinajstić information content (AvgIpc) is 2.43. The quantitative estimate of drug-likeness (QED) is 0.413. The van der Waals surface area contributed by atoms with Gasteiger partial charge in [-0.1, -0.05) is 13.8 Å². The molecule has 1 saturated heterocycles. The summed E-state index contributed by atoms with van der Waals surface area (Å²) in [6.07, 6.45) is 3.80. The zero-order valence-electron chi connectivity index (χ0n) is 12.6. The summed E-state index contributed by atoms with van der Waals surface area (Å²) in [7, 11) is 0. The maximum atomic E-state index is 11.9. The SMILES string of the molecule is CC(C)CCCOC(=O)C1CCN(C(=O)CCCl)CC1. The summed E-state index contributed by atoms with van der Waals surface area (Å²) < 4.78 is 5.31. The molecule has 0 N–H and O–H groups in total. The second kappa shape index (κ2) is 9.22. The Morgan fingerprint density at radius 3 is 2.50 bits per heavy atom. The number of rotatable bonds is 7. The Morgan fingerprint density at radius 2 is 1.95 bits per heavy atom. The van der Waals surface area contributed by atoms with Gasteiger partial charge in [0.2, 0.25) is 5.91 Å². The molecule has 0 aromatic carbocycles. The molecule has 0 saturated carbocycles. The van der Waals surface area contributed by atoms with Crippen LogP contribution in [0.3, 0.4) is 0 Å². The standard InChI is InChI=1S/C15H26ClNO3/c1-12(2)4-3-11-20-15(19)13-6-9-17(10-7-13)14(18)5-8-16/h12-13H,3-11H2,1-2H3. The molecule has 0 atom stereocenters. The number of ether oxygens (including phenoxy) is 1. The molecule has 0 aromatic rings. The Morgan fingerprint density at radius 1 is 1.30 bits per heavy atom. The van der Waals surface area contributed by atoms with Crippen LogP contribution in [0.1, 0.15) is 46.0 Å². The second-order valence-corrected chi connectivity index (χ2v) is 6.18. The molecule has 1 rings (SSSR count). The highest BCUT2D eigenvalue weighted by Crippen LogP contribution is 2.19. The van der Waals surface area contributed by atoms with Gasteiger partial charge >= 0.3 is 5.97 Å². The smallest absolute Gasteiger partial charge is 0.309 e. The third kappa shape index (κ3) is 6.12. The van der Waals surface area contributed by atoms with Crippen LogP contribution in [0.5, 0.6) is 0 Å². The number of hydrogen-bond donors (Lipinski definition) is 0. The predicted octanol–water partition coefficient (Wildman–Crippen LogP) is 2.83. The van der Waals surface area contributed by atoms with Crippen molar-refractivity contribution in [3.05, 3.63) is 0 Å². The van der Waals surface area contributed by atoms with Gasteiger partial charge in [0.1, 0.15) is 0 Å². The molecule has 0 bridgehead atoms. The van der Waals surface area contributed by atoms with Crippen molar-refractivity contribution < 1.29 is 14.3 Å². The maximum Gasteiger partial charge on any atom is 0.309 e.